The van der Waals surface area contributed by atoms with Crippen LogP contribution in [0.1, 0.15) is 25.5 Å². The van der Waals surface area contributed by atoms with Crippen LogP contribution in [0.5, 0.6) is 5.88 Å². The van der Waals surface area contributed by atoms with Crippen molar-refractivity contribution in [1.29, 1.82) is 0 Å². The summed E-state index contributed by atoms with van der Waals surface area (Å²) in [5.41, 5.74) is 0.877. The number of carbonyl (C=O) groups is 1. The molecule has 1 amide bonds. The van der Waals surface area contributed by atoms with E-state index in [-0.39, 0.29) is 18.4 Å². The maximum Gasteiger partial charge on any atom is 0.228 e. The van der Waals surface area contributed by atoms with Crippen LogP contribution in [0.4, 0.5) is 5.95 Å². The minimum atomic E-state index is 0.0146. The van der Waals surface area contributed by atoms with E-state index >= 15 is 0 Å². The molecule has 1 aliphatic rings. The van der Waals surface area contributed by atoms with E-state index in [9.17, 15) is 4.79 Å². The fourth-order valence-corrected chi connectivity index (χ4v) is 2.51. The van der Waals surface area contributed by atoms with Gasteiger partial charge in [0.05, 0.1) is 13.2 Å². The molecule has 1 aromatic rings. The molecule has 1 N–H and O–H groups in total. The summed E-state index contributed by atoms with van der Waals surface area (Å²) in [6, 6.07) is 1.83. The summed E-state index contributed by atoms with van der Waals surface area (Å²) in [5, 5.41) is 2.75. The summed E-state index contributed by atoms with van der Waals surface area (Å²) in [6.45, 7) is 6.22. The summed E-state index contributed by atoms with van der Waals surface area (Å²) >= 11 is 0. The zero-order chi connectivity index (χ0) is 15.9. The first-order valence-corrected chi connectivity index (χ1v) is 7.58. The molecule has 0 saturated carbocycles. The first-order chi connectivity index (χ1) is 10.6. The second-order valence-electron chi connectivity index (χ2n) is 5.26. The highest BCUT2D eigenvalue weighted by molar-refractivity contribution is 5.79. The van der Waals surface area contributed by atoms with Crippen LogP contribution in [-0.4, -0.2) is 42.1 Å². The van der Waals surface area contributed by atoms with Crippen LogP contribution in [0.2, 0.25) is 0 Å². The van der Waals surface area contributed by atoms with Gasteiger partial charge >= 0.3 is 0 Å². The molecule has 22 heavy (non-hydrogen) atoms. The average Bonchev–Trinajstić information content (AvgIpc) is 2.52. The van der Waals surface area contributed by atoms with Gasteiger partial charge in [0, 0.05) is 30.8 Å². The Morgan fingerprint density at radius 2 is 2.23 bits per heavy atom. The van der Waals surface area contributed by atoms with E-state index in [1.54, 1.807) is 0 Å². The molecule has 1 fully saturated rings. The van der Waals surface area contributed by atoms with Crippen LogP contribution in [0.3, 0.4) is 0 Å². The minimum absolute atomic E-state index is 0.0146. The number of aryl methyl sites for hydroxylation is 1. The van der Waals surface area contributed by atoms with Crippen molar-refractivity contribution in [2.24, 2.45) is 5.92 Å². The number of terminal acetylenes is 1. The number of carbonyl (C=O) groups excluding carboxylic acids is 1. The Labute approximate surface area is 131 Å². The van der Waals surface area contributed by atoms with E-state index in [4.69, 9.17) is 11.2 Å². The largest absolute Gasteiger partial charge is 0.478 e. The van der Waals surface area contributed by atoms with Crippen LogP contribution >= 0.6 is 0 Å². The lowest BCUT2D eigenvalue weighted by Gasteiger charge is -2.31. The van der Waals surface area contributed by atoms with Crippen molar-refractivity contribution in [3.8, 4) is 18.2 Å². The van der Waals surface area contributed by atoms with Gasteiger partial charge in [-0.15, -0.1) is 6.42 Å². The summed E-state index contributed by atoms with van der Waals surface area (Å²) in [6.07, 6.45) is 6.71. The topological polar surface area (TPSA) is 67.4 Å². The summed E-state index contributed by atoms with van der Waals surface area (Å²) in [7, 11) is 0. The molecule has 118 valence electrons. The predicted octanol–water partition coefficient (Wildman–Crippen LogP) is 1.15. The van der Waals surface area contributed by atoms with Crippen molar-refractivity contribution in [1.82, 2.24) is 15.3 Å². The van der Waals surface area contributed by atoms with E-state index in [1.165, 1.54) is 0 Å². The van der Waals surface area contributed by atoms with Crippen molar-refractivity contribution in [3.05, 3.63) is 11.8 Å². The van der Waals surface area contributed by atoms with Crippen molar-refractivity contribution in [2.45, 2.75) is 26.7 Å². The highest BCUT2D eigenvalue weighted by Crippen LogP contribution is 2.22. The molecule has 1 saturated heterocycles. The SMILES string of the molecule is C#CCNC(=O)C1CCN(c2nc(C)cc(OCC)n2)CC1. The first kappa shape index (κ1) is 16.1. The Morgan fingerprint density at radius 3 is 2.86 bits per heavy atom. The van der Waals surface area contributed by atoms with Gasteiger partial charge in [-0.3, -0.25) is 4.79 Å². The third-order valence-corrected chi connectivity index (χ3v) is 3.62. The second-order valence-corrected chi connectivity index (χ2v) is 5.26. The summed E-state index contributed by atoms with van der Waals surface area (Å²) in [4.78, 5) is 22.9. The summed E-state index contributed by atoms with van der Waals surface area (Å²) < 4.78 is 5.46. The number of rotatable bonds is 5. The Kier molecular flexibility index (Phi) is 5.59. The van der Waals surface area contributed by atoms with Crippen molar-refractivity contribution in [2.75, 3.05) is 31.1 Å². The second kappa shape index (κ2) is 7.64. The van der Waals surface area contributed by atoms with Gasteiger partial charge in [0.1, 0.15) is 0 Å². The van der Waals surface area contributed by atoms with Crippen molar-refractivity contribution in [3.63, 3.8) is 0 Å². The van der Waals surface area contributed by atoms with Crippen LogP contribution in [0, 0.1) is 25.2 Å². The number of hydrogen-bond acceptors (Lipinski definition) is 5. The molecule has 2 rings (SSSR count). The maximum absolute atomic E-state index is 11.9. The molecule has 6 heteroatoms. The lowest BCUT2D eigenvalue weighted by atomic mass is 9.96. The molecule has 0 bridgehead atoms. The van der Waals surface area contributed by atoms with Gasteiger partial charge in [-0.25, -0.2) is 4.98 Å². The smallest absolute Gasteiger partial charge is 0.228 e. The molecule has 0 spiro atoms. The molecule has 2 heterocycles. The fraction of sp³-hybridized carbons (Fsp3) is 0.562. The van der Waals surface area contributed by atoms with E-state index in [2.05, 4.69) is 26.1 Å². The van der Waals surface area contributed by atoms with Gasteiger partial charge in [-0.1, -0.05) is 5.92 Å². The van der Waals surface area contributed by atoms with Crippen molar-refractivity contribution < 1.29 is 9.53 Å². The number of ether oxygens (including phenoxy) is 1. The molecule has 0 aromatic carbocycles. The monoisotopic (exact) mass is 302 g/mol. The Morgan fingerprint density at radius 1 is 1.50 bits per heavy atom. The molecule has 0 radical (unpaired) electrons. The van der Waals surface area contributed by atoms with Gasteiger partial charge < -0.3 is 15.0 Å². The van der Waals surface area contributed by atoms with E-state index < -0.39 is 0 Å². The molecule has 1 aliphatic heterocycles. The first-order valence-electron chi connectivity index (χ1n) is 7.58. The number of nitrogens with one attached hydrogen (secondary N) is 1. The van der Waals surface area contributed by atoms with Gasteiger partial charge in [-0.2, -0.15) is 4.98 Å². The number of piperidine rings is 1. The zero-order valence-corrected chi connectivity index (χ0v) is 13.1. The third kappa shape index (κ3) is 4.10. The normalized spacial score (nSPS) is 15.2. The van der Waals surface area contributed by atoms with Gasteiger partial charge in [0.25, 0.3) is 0 Å². The third-order valence-electron chi connectivity index (χ3n) is 3.62. The van der Waals surface area contributed by atoms with Crippen LogP contribution in [0.15, 0.2) is 6.07 Å². The zero-order valence-electron chi connectivity index (χ0n) is 13.1. The van der Waals surface area contributed by atoms with Crippen LogP contribution < -0.4 is 15.0 Å². The Hall–Kier alpha value is -2.29. The fourth-order valence-electron chi connectivity index (χ4n) is 2.51. The van der Waals surface area contributed by atoms with E-state index in [1.807, 2.05) is 19.9 Å². The number of anilines is 1. The maximum atomic E-state index is 11.9. The number of nitrogens with zero attached hydrogens (tertiary/aromatic N) is 3. The molecule has 0 aliphatic carbocycles. The predicted molar refractivity (Wildman–Crippen MR) is 84.7 cm³/mol. The van der Waals surface area contributed by atoms with Crippen LogP contribution in [0.25, 0.3) is 0 Å². The Balaban J connectivity index is 1.97. The minimum Gasteiger partial charge on any atom is -0.478 e. The molecule has 0 unspecified atom stereocenters. The van der Waals surface area contributed by atoms with Crippen LogP contribution in [-0.2, 0) is 4.79 Å². The number of aromatic nitrogens is 2. The molecular weight excluding hydrogens is 280 g/mol. The quantitative estimate of drug-likeness (QED) is 0.827. The van der Waals surface area contributed by atoms with Gasteiger partial charge in [0.2, 0.25) is 17.7 Å². The molecule has 6 nitrogen and oxygen atoms in total. The highest BCUT2D eigenvalue weighted by Gasteiger charge is 2.26. The number of amides is 1. The Bertz CT molecular complexity index is 560. The van der Waals surface area contributed by atoms with E-state index in [0.29, 0.717) is 18.4 Å². The highest BCUT2D eigenvalue weighted by atomic mass is 16.5. The lowest BCUT2D eigenvalue weighted by molar-refractivity contribution is -0.125. The molecule has 1 aromatic heterocycles. The van der Waals surface area contributed by atoms with Crippen molar-refractivity contribution >= 4 is 11.9 Å². The summed E-state index contributed by atoms with van der Waals surface area (Å²) in [5.74, 6) is 3.74. The molecule has 0 atom stereocenters. The number of hydrogen-bond donors (Lipinski definition) is 1. The van der Waals surface area contributed by atoms with E-state index in [0.717, 1.165) is 31.6 Å². The average molecular weight is 302 g/mol. The van der Waals surface area contributed by atoms with Gasteiger partial charge in [0.15, 0.2) is 0 Å². The molecular formula is C16H22N4O2. The lowest BCUT2D eigenvalue weighted by Crippen LogP contribution is -2.41. The standard InChI is InChI=1S/C16H22N4O2/c1-4-8-17-15(21)13-6-9-20(10-7-13)16-18-12(3)11-14(19-16)22-5-2/h1,11,13H,5-10H2,2-3H3,(H,17,21). The van der Waals surface area contributed by atoms with Gasteiger partial charge in [-0.05, 0) is 26.7 Å².